The maximum absolute atomic E-state index is 5.23. The van der Waals surface area contributed by atoms with Gasteiger partial charge in [0.25, 0.3) is 0 Å². The van der Waals surface area contributed by atoms with E-state index < -0.39 is 0 Å². The average Bonchev–Trinajstić information content (AvgIpc) is 2.37. The van der Waals surface area contributed by atoms with Crippen LogP contribution in [0.15, 0.2) is 18.2 Å². The van der Waals surface area contributed by atoms with Crippen LogP contribution in [0.25, 0.3) is 10.9 Å². The number of benzene rings is 1. The predicted molar refractivity (Wildman–Crippen MR) is 73.1 cm³/mol. The Bertz CT molecular complexity index is 554. The van der Waals surface area contributed by atoms with Crippen LogP contribution >= 0.6 is 0 Å². The highest BCUT2D eigenvalue weighted by molar-refractivity contribution is 5.82. The van der Waals surface area contributed by atoms with E-state index in [1.807, 2.05) is 32.2 Å². The number of ether oxygens (including phenoxy) is 1. The lowest BCUT2D eigenvalue weighted by Gasteiger charge is -2.12. The molecule has 1 aromatic heterocycles. The summed E-state index contributed by atoms with van der Waals surface area (Å²) < 4.78 is 5.23. The monoisotopic (exact) mass is 245 g/mol. The Balaban J connectivity index is 2.51. The summed E-state index contributed by atoms with van der Waals surface area (Å²) in [4.78, 5) is 9.02. The molecule has 2 aromatic rings. The fourth-order valence-corrected chi connectivity index (χ4v) is 1.98. The molecule has 0 saturated heterocycles. The normalized spacial score (nSPS) is 12.7. The van der Waals surface area contributed by atoms with Gasteiger partial charge in [-0.2, -0.15) is 0 Å². The van der Waals surface area contributed by atoms with Gasteiger partial charge in [0.2, 0.25) is 0 Å². The second-order valence-corrected chi connectivity index (χ2v) is 4.49. The Morgan fingerprint density at radius 2 is 2.11 bits per heavy atom. The third kappa shape index (κ3) is 2.59. The van der Waals surface area contributed by atoms with Crippen LogP contribution in [-0.4, -0.2) is 30.2 Å². The molecular weight excluding hydrogens is 226 g/mol. The highest BCUT2D eigenvalue weighted by Gasteiger charge is 2.09. The van der Waals surface area contributed by atoms with E-state index in [1.165, 1.54) is 0 Å². The summed E-state index contributed by atoms with van der Waals surface area (Å²) in [7, 11) is 3.63. The van der Waals surface area contributed by atoms with Crippen molar-refractivity contribution >= 4 is 10.9 Å². The largest absolute Gasteiger partial charge is 0.497 e. The molecule has 1 N–H and O–H groups in total. The summed E-state index contributed by atoms with van der Waals surface area (Å²) >= 11 is 0. The van der Waals surface area contributed by atoms with Crippen LogP contribution in [0.2, 0.25) is 0 Å². The van der Waals surface area contributed by atoms with Crippen LogP contribution in [0.3, 0.4) is 0 Å². The molecule has 4 nitrogen and oxygen atoms in total. The van der Waals surface area contributed by atoms with E-state index in [2.05, 4.69) is 22.2 Å². The van der Waals surface area contributed by atoms with Crippen molar-refractivity contribution in [2.45, 2.75) is 26.3 Å². The summed E-state index contributed by atoms with van der Waals surface area (Å²) in [5.74, 6) is 1.63. The van der Waals surface area contributed by atoms with Gasteiger partial charge >= 0.3 is 0 Å². The molecular formula is C14H19N3O. The summed E-state index contributed by atoms with van der Waals surface area (Å²) in [5, 5.41) is 4.34. The summed E-state index contributed by atoms with van der Waals surface area (Å²) in [6.45, 7) is 4.07. The maximum atomic E-state index is 5.23. The minimum absolute atomic E-state index is 0.393. The summed E-state index contributed by atoms with van der Waals surface area (Å²) in [6, 6.07) is 6.34. The molecule has 1 aromatic carbocycles. The Kier molecular flexibility index (Phi) is 3.77. The van der Waals surface area contributed by atoms with Gasteiger partial charge in [0.05, 0.1) is 18.3 Å². The lowest BCUT2D eigenvalue weighted by Crippen LogP contribution is -2.24. The minimum Gasteiger partial charge on any atom is -0.497 e. The number of hydrogen-bond acceptors (Lipinski definition) is 4. The fraction of sp³-hybridized carbons (Fsp3) is 0.429. The van der Waals surface area contributed by atoms with Crippen molar-refractivity contribution in [3.05, 3.63) is 29.7 Å². The second kappa shape index (κ2) is 5.31. The van der Waals surface area contributed by atoms with Crippen LogP contribution < -0.4 is 10.1 Å². The third-order valence-corrected chi connectivity index (χ3v) is 3.09. The molecule has 1 unspecified atom stereocenters. The molecule has 0 radical (unpaired) electrons. The quantitative estimate of drug-likeness (QED) is 0.896. The molecule has 18 heavy (non-hydrogen) atoms. The van der Waals surface area contributed by atoms with Crippen molar-refractivity contribution in [2.24, 2.45) is 0 Å². The lowest BCUT2D eigenvalue weighted by atomic mass is 10.1. The van der Waals surface area contributed by atoms with E-state index in [1.54, 1.807) is 7.11 Å². The van der Waals surface area contributed by atoms with Crippen LogP contribution in [0, 0.1) is 6.92 Å². The zero-order valence-corrected chi connectivity index (χ0v) is 11.3. The molecule has 0 aliphatic rings. The smallest absolute Gasteiger partial charge is 0.126 e. The van der Waals surface area contributed by atoms with Crippen molar-refractivity contribution < 1.29 is 4.74 Å². The minimum atomic E-state index is 0.393. The zero-order chi connectivity index (χ0) is 13.1. The van der Waals surface area contributed by atoms with Gasteiger partial charge in [0.15, 0.2) is 0 Å². The number of fused-ring (bicyclic) bond motifs is 1. The highest BCUT2D eigenvalue weighted by Crippen LogP contribution is 2.22. The molecule has 0 spiro atoms. The zero-order valence-electron chi connectivity index (χ0n) is 11.3. The van der Waals surface area contributed by atoms with Crippen molar-refractivity contribution in [3.8, 4) is 5.75 Å². The highest BCUT2D eigenvalue weighted by atomic mass is 16.5. The Morgan fingerprint density at radius 1 is 1.33 bits per heavy atom. The van der Waals surface area contributed by atoms with Crippen molar-refractivity contribution in [1.82, 2.24) is 15.3 Å². The van der Waals surface area contributed by atoms with Gasteiger partial charge in [-0.3, -0.25) is 0 Å². The van der Waals surface area contributed by atoms with Crippen molar-refractivity contribution in [2.75, 3.05) is 14.2 Å². The third-order valence-electron chi connectivity index (χ3n) is 3.09. The molecule has 1 atom stereocenters. The van der Waals surface area contributed by atoms with Gasteiger partial charge in [-0.1, -0.05) is 0 Å². The first kappa shape index (κ1) is 12.8. The molecule has 0 aliphatic carbocycles. The number of likely N-dealkylation sites (N-methyl/N-ethyl adjacent to an activating group) is 1. The Labute approximate surface area is 107 Å². The molecule has 2 rings (SSSR count). The standard InChI is InChI=1S/C14H19N3O/c1-9(15-3)7-13-12-6-5-11(18-4)8-14(12)17-10(2)16-13/h5-6,8-9,15H,7H2,1-4H3. The van der Waals surface area contributed by atoms with Crippen molar-refractivity contribution in [1.29, 1.82) is 0 Å². The predicted octanol–water partition coefficient (Wildman–Crippen LogP) is 2.10. The van der Waals surface area contributed by atoms with E-state index in [4.69, 9.17) is 4.74 Å². The summed E-state index contributed by atoms with van der Waals surface area (Å²) in [6.07, 6.45) is 0.892. The van der Waals surface area contributed by atoms with Gasteiger partial charge in [-0.25, -0.2) is 9.97 Å². The van der Waals surface area contributed by atoms with Crippen LogP contribution in [0.1, 0.15) is 18.4 Å². The fourth-order valence-electron chi connectivity index (χ4n) is 1.98. The topological polar surface area (TPSA) is 47.0 Å². The molecule has 4 heteroatoms. The Morgan fingerprint density at radius 3 is 2.78 bits per heavy atom. The van der Waals surface area contributed by atoms with Gasteiger partial charge in [-0.05, 0) is 33.0 Å². The van der Waals surface area contributed by atoms with E-state index in [9.17, 15) is 0 Å². The number of aryl methyl sites for hydroxylation is 1. The molecule has 0 aliphatic heterocycles. The van der Waals surface area contributed by atoms with Gasteiger partial charge in [0, 0.05) is 23.9 Å². The van der Waals surface area contributed by atoms with Gasteiger partial charge < -0.3 is 10.1 Å². The van der Waals surface area contributed by atoms with Gasteiger partial charge in [-0.15, -0.1) is 0 Å². The molecule has 1 heterocycles. The lowest BCUT2D eigenvalue weighted by molar-refractivity contribution is 0.415. The van der Waals surface area contributed by atoms with Crippen LogP contribution in [-0.2, 0) is 6.42 Å². The van der Waals surface area contributed by atoms with E-state index in [0.29, 0.717) is 6.04 Å². The average molecular weight is 245 g/mol. The number of methoxy groups -OCH3 is 1. The number of nitrogens with one attached hydrogen (secondary N) is 1. The Hall–Kier alpha value is -1.68. The number of rotatable bonds is 4. The van der Waals surface area contributed by atoms with Crippen molar-refractivity contribution in [3.63, 3.8) is 0 Å². The molecule has 0 amide bonds. The van der Waals surface area contributed by atoms with Crippen LogP contribution in [0.4, 0.5) is 0 Å². The molecule has 0 bridgehead atoms. The summed E-state index contributed by atoms with van der Waals surface area (Å²) in [5.41, 5.74) is 2.03. The SMILES string of the molecule is CNC(C)Cc1nc(C)nc2cc(OC)ccc12. The first-order valence-corrected chi connectivity index (χ1v) is 6.12. The molecule has 96 valence electrons. The van der Waals surface area contributed by atoms with E-state index >= 15 is 0 Å². The van der Waals surface area contributed by atoms with Gasteiger partial charge in [0.1, 0.15) is 11.6 Å². The number of aromatic nitrogens is 2. The number of hydrogen-bond donors (Lipinski definition) is 1. The second-order valence-electron chi connectivity index (χ2n) is 4.49. The first-order valence-electron chi connectivity index (χ1n) is 6.12. The maximum Gasteiger partial charge on any atom is 0.126 e. The first-order chi connectivity index (χ1) is 8.63. The molecule has 0 fully saturated rings. The van der Waals surface area contributed by atoms with E-state index in [0.717, 1.165) is 34.6 Å². The number of nitrogens with zero attached hydrogens (tertiary/aromatic N) is 2. The van der Waals surface area contributed by atoms with Crippen LogP contribution in [0.5, 0.6) is 5.75 Å². The van der Waals surface area contributed by atoms with E-state index in [-0.39, 0.29) is 0 Å². The molecule has 0 saturated carbocycles.